The lowest BCUT2D eigenvalue weighted by molar-refractivity contribution is 0.134. The number of urea groups is 1. The van der Waals surface area contributed by atoms with Crippen molar-refractivity contribution >= 4 is 6.03 Å². The molecule has 1 aliphatic rings. The molecule has 1 rings (SSSR count). The predicted octanol–water partition coefficient (Wildman–Crippen LogP) is 1.51. The van der Waals surface area contributed by atoms with Gasteiger partial charge in [-0.25, -0.2) is 4.79 Å². The van der Waals surface area contributed by atoms with Gasteiger partial charge in [-0.15, -0.1) is 0 Å². The highest BCUT2D eigenvalue weighted by Gasteiger charge is 2.33. The Labute approximate surface area is 98.8 Å². The van der Waals surface area contributed by atoms with Gasteiger partial charge in [0, 0.05) is 26.2 Å². The molecule has 1 saturated carbocycles. The number of nitrogens with zero attached hydrogens (tertiary/aromatic N) is 2. The van der Waals surface area contributed by atoms with Crippen molar-refractivity contribution in [2.24, 2.45) is 11.7 Å². The third-order valence-electron chi connectivity index (χ3n) is 3.71. The minimum atomic E-state index is 0.148. The molecular weight excluding hydrogens is 202 g/mol. The van der Waals surface area contributed by atoms with Gasteiger partial charge in [-0.05, 0) is 39.2 Å². The summed E-state index contributed by atoms with van der Waals surface area (Å²) in [5.74, 6) is 0.495. The molecule has 94 valence electrons. The van der Waals surface area contributed by atoms with E-state index in [0.29, 0.717) is 18.5 Å². The van der Waals surface area contributed by atoms with Crippen LogP contribution in [0.2, 0.25) is 0 Å². The van der Waals surface area contributed by atoms with Crippen LogP contribution in [-0.2, 0) is 0 Å². The van der Waals surface area contributed by atoms with Crippen LogP contribution >= 0.6 is 0 Å². The summed E-state index contributed by atoms with van der Waals surface area (Å²) in [6.07, 6.45) is 3.48. The van der Waals surface area contributed by atoms with Crippen LogP contribution in [0.3, 0.4) is 0 Å². The second-order valence-electron chi connectivity index (χ2n) is 4.58. The van der Waals surface area contributed by atoms with Crippen LogP contribution in [0.4, 0.5) is 4.79 Å². The number of rotatable bonds is 4. The topological polar surface area (TPSA) is 49.6 Å². The maximum absolute atomic E-state index is 12.2. The highest BCUT2D eigenvalue weighted by atomic mass is 16.2. The van der Waals surface area contributed by atoms with E-state index in [1.165, 1.54) is 12.8 Å². The maximum atomic E-state index is 12.2. The van der Waals surface area contributed by atoms with Crippen LogP contribution in [-0.4, -0.2) is 48.6 Å². The molecule has 0 spiro atoms. The van der Waals surface area contributed by atoms with Gasteiger partial charge < -0.3 is 15.5 Å². The van der Waals surface area contributed by atoms with Crippen molar-refractivity contribution in [1.29, 1.82) is 0 Å². The van der Waals surface area contributed by atoms with E-state index < -0.39 is 0 Å². The Morgan fingerprint density at radius 2 is 2.00 bits per heavy atom. The normalized spacial score (nSPS) is 24.5. The summed E-state index contributed by atoms with van der Waals surface area (Å²) in [6.45, 7) is 6.29. The Morgan fingerprint density at radius 1 is 1.31 bits per heavy atom. The molecule has 2 atom stereocenters. The Hall–Kier alpha value is -0.770. The van der Waals surface area contributed by atoms with Crippen molar-refractivity contribution in [3.8, 4) is 0 Å². The predicted molar refractivity (Wildman–Crippen MR) is 66.3 cm³/mol. The number of hydrogen-bond acceptors (Lipinski definition) is 2. The average Bonchev–Trinajstić information content (AvgIpc) is 2.77. The fraction of sp³-hybridized carbons (Fsp3) is 0.917. The Balaban J connectivity index is 2.69. The first-order valence-electron chi connectivity index (χ1n) is 6.37. The molecule has 2 N–H and O–H groups in total. The number of carbonyl (C=O) groups is 1. The molecule has 1 aliphatic carbocycles. The summed E-state index contributed by atoms with van der Waals surface area (Å²) in [5.41, 5.74) is 5.77. The highest BCUT2D eigenvalue weighted by Crippen LogP contribution is 2.29. The molecule has 0 bridgehead atoms. The first kappa shape index (κ1) is 13.3. The summed E-state index contributed by atoms with van der Waals surface area (Å²) >= 11 is 0. The van der Waals surface area contributed by atoms with Crippen molar-refractivity contribution in [3.05, 3.63) is 0 Å². The molecule has 4 heteroatoms. The first-order chi connectivity index (χ1) is 7.65. The van der Waals surface area contributed by atoms with Gasteiger partial charge in [0.1, 0.15) is 0 Å². The van der Waals surface area contributed by atoms with Crippen molar-refractivity contribution in [3.63, 3.8) is 0 Å². The van der Waals surface area contributed by atoms with Crippen molar-refractivity contribution in [2.75, 3.05) is 26.7 Å². The van der Waals surface area contributed by atoms with Crippen LogP contribution in [0, 0.1) is 5.92 Å². The lowest BCUT2D eigenvalue weighted by atomic mass is 10.0. The van der Waals surface area contributed by atoms with E-state index in [-0.39, 0.29) is 6.03 Å². The zero-order valence-electron chi connectivity index (χ0n) is 10.8. The van der Waals surface area contributed by atoms with Gasteiger partial charge in [0.25, 0.3) is 0 Å². The van der Waals surface area contributed by atoms with E-state index in [1.807, 2.05) is 25.8 Å². The van der Waals surface area contributed by atoms with Crippen molar-refractivity contribution in [2.45, 2.75) is 39.2 Å². The maximum Gasteiger partial charge on any atom is 0.319 e. The molecule has 2 unspecified atom stereocenters. The smallest absolute Gasteiger partial charge is 0.319 e. The Morgan fingerprint density at radius 3 is 2.50 bits per heavy atom. The van der Waals surface area contributed by atoms with E-state index in [2.05, 4.69) is 0 Å². The minimum absolute atomic E-state index is 0.148. The molecule has 4 nitrogen and oxygen atoms in total. The summed E-state index contributed by atoms with van der Waals surface area (Å²) in [5, 5.41) is 0. The van der Waals surface area contributed by atoms with E-state index in [1.54, 1.807) is 4.90 Å². The average molecular weight is 227 g/mol. The van der Waals surface area contributed by atoms with Gasteiger partial charge in [0.2, 0.25) is 0 Å². The number of amides is 2. The molecule has 16 heavy (non-hydrogen) atoms. The second-order valence-corrected chi connectivity index (χ2v) is 4.58. The Bertz CT molecular complexity index is 232. The van der Waals surface area contributed by atoms with Gasteiger partial charge >= 0.3 is 6.03 Å². The molecule has 1 fully saturated rings. The molecule has 0 aromatic carbocycles. The third kappa shape index (κ3) is 2.67. The van der Waals surface area contributed by atoms with E-state index >= 15 is 0 Å². The molecule has 0 aromatic rings. The fourth-order valence-electron chi connectivity index (χ4n) is 2.57. The lowest BCUT2D eigenvalue weighted by Crippen LogP contribution is -2.49. The van der Waals surface area contributed by atoms with E-state index in [9.17, 15) is 4.79 Å². The SMILES string of the molecule is CCN(C)C(=O)N(CC)C1CCCC1CN. The summed E-state index contributed by atoms with van der Waals surface area (Å²) < 4.78 is 0. The van der Waals surface area contributed by atoms with Crippen molar-refractivity contribution < 1.29 is 4.79 Å². The molecule has 0 aliphatic heterocycles. The van der Waals surface area contributed by atoms with Crippen LogP contribution in [0.5, 0.6) is 0 Å². The number of hydrogen-bond donors (Lipinski definition) is 1. The van der Waals surface area contributed by atoms with Gasteiger partial charge in [0.15, 0.2) is 0 Å². The summed E-state index contributed by atoms with van der Waals surface area (Å²) in [6, 6.07) is 0.506. The Kier molecular flexibility index (Phi) is 5.06. The first-order valence-corrected chi connectivity index (χ1v) is 6.37. The molecular formula is C12H25N3O. The molecule has 0 saturated heterocycles. The third-order valence-corrected chi connectivity index (χ3v) is 3.71. The van der Waals surface area contributed by atoms with Crippen LogP contribution in [0.25, 0.3) is 0 Å². The summed E-state index contributed by atoms with van der Waals surface area (Å²) in [7, 11) is 1.86. The van der Waals surface area contributed by atoms with Crippen LogP contribution in [0.15, 0.2) is 0 Å². The van der Waals surface area contributed by atoms with Gasteiger partial charge in [0.05, 0.1) is 0 Å². The van der Waals surface area contributed by atoms with Gasteiger partial charge in [-0.3, -0.25) is 0 Å². The second kappa shape index (κ2) is 6.09. The zero-order chi connectivity index (χ0) is 12.1. The molecule has 0 radical (unpaired) electrons. The number of carbonyl (C=O) groups excluding carboxylic acids is 1. The number of nitrogens with two attached hydrogens (primary N) is 1. The van der Waals surface area contributed by atoms with E-state index in [0.717, 1.165) is 19.5 Å². The van der Waals surface area contributed by atoms with Crippen LogP contribution < -0.4 is 5.73 Å². The highest BCUT2D eigenvalue weighted by molar-refractivity contribution is 5.74. The molecule has 0 heterocycles. The monoisotopic (exact) mass is 227 g/mol. The van der Waals surface area contributed by atoms with Gasteiger partial charge in [-0.2, -0.15) is 0 Å². The van der Waals surface area contributed by atoms with E-state index in [4.69, 9.17) is 5.73 Å². The quantitative estimate of drug-likeness (QED) is 0.791. The molecule has 2 amide bonds. The summed E-state index contributed by atoms with van der Waals surface area (Å²) in [4.78, 5) is 15.9. The molecule has 0 aromatic heterocycles. The fourth-order valence-corrected chi connectivity index (χ4v) is 2.57. The lowest BCUT2D eigenvalue weighted by Gasteiger charge is -2.34. The van der Waals surface area contributed by atoms with Crippen molar-refractivity contribution in [1.82, 2.24) is 9.80 Å². The largest absolute Gasteiger partial charge is 0.330 e. The van der Waals surface area contributed by atoms with Gasteiger partial charge in [-0.1, -0.05) is 6.42 Å². The standard InChI is InChI=1S/C12H25N3O/c1-4-14(3)12(16)15(5-2)11-8-6-7-10(11)9-13/h10-11H,4-9,13H2,1-3H3. The van der Waals surface area contributed by atoms with Crippen LogP contribution in [0.1, 0.15) is 33.1 Å². The minimum Gasteiger partial charge on any atom is -0.330 e. The zero-order valence-corrected chi connectivity index (χ0v) is 10.8.